The molecule has 0 radical (unpaired) electrons. The Morgan fingerprint density at radius 1 is 0.815 bits per heavy atom. The minimum absolute atomic E-state index is 0.168. The van der Waals surface area contributed by atoms with E-state index in [1.807, 2.05) is 7.05 Å². The summed E-state index contributed by atoms with van der Waals surface area (Å²) in [6, 6.07) is 6.41. The predicted octanol–water partition coefficient (Wildman–Crippen LogP) is 3.39. The predicted molar refractivity (Wildman–Crippen MR) is 90.3 cm³/mol. The standard InChI is InChI=1S/C18H16F5N3O/c1-25-6-8-26(9-7-25)11-4-2-10(3-5-11)24-18(27)12-13(19)15(21)17(23)16(22)14(12)20/h2-5H,6-9H2,1H3,(H,24,27). The third kappa shape index (κ3) is 3.73. The van der Waals surface area contributed by atoms with Crippen molar-refractivity contribution >= 4 is 17.3 Å². The second-order valence-electron chi connectivity index (χ2n) is 6.24. The van der Waals surface area contributed by atoms with Crippen LogP contribution in [0.4, 0.5) is 33.3 Å². The smallest absolute Gasteiger partial charge is 0.261 e. The van der Waals surface area contributed by atoms with Gasteiger partial charge >= 0.3 is 0 Å². The van der Waals surface area contributed by atoms with E-state index in [0.717, 1.165) is 31.9 Å². The molecule has 0 saturated carbocycles. The highest BCUT2D eigenvalue weighted by atomic mass is 19.2. The minimum atomic E-state index is -2.31. The quantitative estimate of drug-likeness (QED) is 0.500. The molecule has 1 aliphatic heterocycles. The Labute approximate surface area is 152 Å². The van der Waals surface area contributed by atoms with Gasteiger partial charge in [-0.15, -0.1) is 0 Å². The average Bonchev–Trinajstić information content (AvgIpc) is 2.66. The number of rotatable bonds is 3. The largest absolute Gasteiger partial charge is 0.369 e. The third-order valence-electron chi connectivity index (χ3n) is 4.43. The normalized spacial score (nSPS) is 15.1. The zero-order chi connectivity index (χ0) is 19.7. The van der Waals surface area contributed by atoms with Crippen LogP contribution in [0.3, 0.4) is 0 Å². The fourth-order valence-electron chi connectivity index (χ4n) is 2.82. The highest BCUT2D eigenvalue weighted by Gasteiger charge is 2.29. The van der Waals surface area contributed by atoms with E-state index in [0.29, 0.717) is 0 Å². The SMILES string of the molecule is CN1CCN(c2ccc(NC(=O)c3c(F)c(F)c(F)c(F)c3F)cc2)CC1. The summed E-state index contributed by atoms with van der Waals surface area (Å²) < 4.78 is 66.9. The van der Waals surface area contributed by atoms with Crippen LogP contribution in [0.2, 0.25) is 0 Å². The molecule has 0 unspecified atom stereocenters. The van der Waals surface area contributed by atoms with Crippen molar-refractivity contribution in [3.63, 3.8) is 0 Å². The second-order valence-corrected chi connectivity index (χ2v) is 6.24. The van der Waals surface area contributed by atoms with Crippen molar-refractivity contribution < 1.29 is 26.7 Å². The molecule has 0 atom stereocenters. The van der Waals surface area contributed by atoms with Crippen LogP contribution in [0.5, 0.6) is 0 Å². The van der Waals surface area contributed by atoms with Gasteiger partial charge in [0.25, 0.3) is 5.91 Å². The van der Waals surface area contributed by atoms with Gasteiger partial charge in [-0.3, -0.25) is 4.79 Å². The van der Waals surface area contributed by atoms with Crippen LogP contribution in [0, 0.1) is 29.1 Å². The zero-order valence-corrected chi connectivity index (χ0v) is 14.3. The van der Waals surface area contributed by atoms with Gasteiger partial charge < -0.3 is 15.1 Å². The molecule has 9 heteroatoms. The number of likely N-dealkylation sites (N-methyl/N-ethyl adjacent to an activating group) is 1. The topological polar surface area (TPSA) is 35.6 Å². The van der Waals surface area contributed by atoms with Gasteiger partial charge in [-0.05, 0) is 31.3 Å². The lowest BCUT2D eigenvalue weighted by atomic mass is 10.1. The van der Waals surface area contributed by atoms with Crippen molar-refractivity contribution in [3.8, 4) is 0 Å². The average molecular weight is 385 g/mol. The molecule has 2 aromatic carbocycles. The highest BCUT2D eigenvalue weighted by Crippen LogP contribution is 2.25. The van der Waals surface area contributed by atoms with Crippen LogP contribution in [0.1, 0.15) is 10.4 Å². The van der Waals surface area contributed by atoms with E-state index in [-0.39, 0.29) is 5.69 Å². The fourth-order valence-corrected chi connectivity index (χ4v) is 2.82. The van der Waals surface area contributed by atoms with Gasteiger partial charge in [-0.2, -0.15) is 0 Å². The number of carbonyl (C=O) groups excluding carboxylic acids is 1. The van der Waals surface area contributed by atoms with Crippen molar-refractivity contribution in [2.24, 2.45) is 0 Å². The van der Waals surface area contributed by atoms with Crippen molar-refractivity contribution in [2.45, 2.75) is 0 Å². The van der Waals surface area contributed by atoms with E-state index in [1.54, 1.807) is 12.1 Å². The zero-order valence-electron chi connectivity index (χ0n) is 14.3. The molecule has 0 bridgehead atoms. The number of nitrogens with zero attached hydrogens (tertiary/aromatic N) is 2. The first-order valence-corrected chi connectivity index (χ1v) is 8.16. The Morgan fingerprint density at radius 2 is 1.30 bits per heavy atom. The Hall–Kier alpha value is -2.68. The maximum Gasteiger partial charge on any atom is 0.261 e. The summed E-state index contributed by atoms with van der Waals surface area (Å²) in [5.41, 5.74) is -0.450. The molecule has 3 rings (SSSR count). The molecule has 2 aromatic rings. The van der Waals surface area contributed by atoms with E-state index in [4.69, 9.17) is 0 Å². The van der Waals surface area contributed by atoms with E-state index < -0.39 is 40.6 Å². The first-order chi connectivity index (χ1) is 12.8. The van der Waals surface area contributed by atoms with Gasteiger partial charge in [0.15, 0.2) is 23.3 Å². The van der Waals surface area contributed by atoms with Crippen molar-refractivity contribution in [1.82, 2.24) is 4.90 Å². The number of halogens is 5. The van der Waals surface area contributed by atoms with Crippen LogP contribution in [-0.2, 0) is 0 Å². The van der Waals surface area contributed by atoms with E-state index >= 15 is 0 Å². The number of nitrogens with one attached hydrogen (secondary N) is 1. The molecule has 0 aliphatic carbocycles. The fraction of sp³-hybridized carbons (Fsp3) is 0.278. The Bertz CT molecular complexity index is 835. The lowest BCUT2D eigenvalue weighted by Gasteiger charge is -2.34. The number of benzene rings is 2. The molecule has 1 heterocycles. The van der Waals surface area contributed by atoms with Crippen molar-refractivity contribution in [2.75, 3.05) is 43.4 Å². The van der Waals surface area contributed by atoms with Gasteiger partial charge in [0, 0.05) is 37.6 Å². The molecule has 1 aliphatic rings. The lowest BCUT2D eigenvalue weighted by molar-refractivity contribution is 0.101. The second kappa shape index (κ2) is 7.51. The molecule has 1 saturated heterocycles. The molecule has 27 heavy (non-hydrogen) atoms. The van der Waals surface area contributed by atoms with Crippen LogP contribution in [0.15, 0.2) is 24.3 Å². The Balaban J connectivity index is 1.77. The molecule has 1 fully saturated rings. The van der Waals surface area contributed by atoms with Gasteiger partial charge in [0.1, 0.15) is 5.56 Å². The molecule has 1 amide bonds. The van der Waals surface area contributed by atoms with Crippen LogP contribution in [0.25, 0.3) is 0 Å². The highest BCUT2D eigenvalue weighted by molar-refractivity contribution is 6.04. The summed E-state index contributed by atoms with van der Waals surface area (Å²) in [5.74, 6) is -12.4. The van der Waals surface area contributed by atoms with Gasteiger partial charge in [-0.25, -0.2) is 22.0 Å². The molecule has 4 nitrogen and oxygen atoms in total. The molecule has 1 N–H and O–H groups in total. The minimum Gasteiger partial charge on any atom is -0.369 e. The molecule has 0 aromatic heterocycles. The van der Waals surface area contributed by atoms with Gasteiger partial charge in [-0.1, -0.05) is 0 Å². The maximum absolute atomic E-state index is 13.7. The summed E-state index contributed by atoms with van der Waals surface area (Å²) in [7, 11) is 2.02. The summed E-state index contributed by atoms with van der Waals surface area (Å²) in [5, 5.41) is 2.15. The summed E-state index contributed by atoms with van der Waals surface area (Å²) >= 11 is 0. The molecular formula is C18H16F5N3O. The van der Waals surface area contributed by atoms with Crippen LogP contribution in [-0.4, -0.2) is 44.0 Å². The maximum atomic E-state index is 13.7. The Kier molecular flexibility index (Phi) is 5.31. The first-order valence-electron chi connectivity index (χ1n) is 8.16. The number of amides is 1. The van der Waals surface area contributed by atoms with Crippen molar-refractivity contribution in [1.29, 1.82) is 0 Å². The number of hydrogen-bond acceptors (Lipinski definition) is 3. The summed E-state index contributed by atoms with van der Waals surface area (Å²) in [6.07, 6.45) is 0. The number of piperazine rings is 1. The number of carbonyl (C=O) groups is 1. The van der Waals surface area contributed by atoms with Gasteiger partial charge in [0.05, 0.1) is 0 Å². The van der Waals surface area contributed by atoms with E-state index in [2.05, 4.69) is 15.1 Å². The summed E-state index contributed by atoms with van der Waals surface area (Å²) in [4.78, 5) is 16.4. The molecular weight excluding hydrogens is 369 g/mol. The molecule has 0 spiro atoms. The van der Waals surface area contributed by atoms with Crippen molar-refractivity contribution in [3.05, 3.63) is 58.9 Å². The summed E-state index contributed by atoms with van der Waals surface area (Å²) in [6.45, 7) is 3.46. The third-order valence-corrected chi connectivity index (χ3v) is 4.43. The number of hydrogen-bond donors (Lipinski definition) is 1. The van der Waals surface area contributed by atoms with Crippen LogP contribution >= 0.6 is 0 Å². The lowest BCUT2D eigenvalue weighted by Crippen LogP contribution is -2.44. The van der Waals surface area contributed by atoms with Gasteiger partial charge in [0.2, 0.25) is 5.82 Å². The molecule has 144 valence electrons. The van der Waals surface area contributed by atoms with E-state index in [1.165, 1.54) is 12.1 Å². The number of anilines is 2. The Morgan fingerprint density at radius 3 is 1.81 bits per heavy atom. The first kappa shape index (κ1) is 19.1. The van der Waals surface area contributed by atoms with Crippen LogP contribution < -0.4 is 10.2 Å². The van der Waals surface area contributed by atoms with E-state index in [9.17, 15) is 26.7 Å². The monoisotopic (exact) mass is 385 g/mol.